The van der Waals surface area contributed by atoms with Gasteiger partial charge >= 0.3 is 0 Å². The van der Waals surface area contributed by atoms with Gasteiger partial charge in [-0.2, -0.15) is 0 Å². The number of hydrogen-bond donors (Lipinski definition) is 1. The summed E-state index contributed by atoms with van der Waals surface area (Å²) in [6.45, 7) is 7.08. The van der Waals surface area contributed by atoms with Crippen LogP contribution in [0.5, 0.6) is 0 Å². The molecule has 0 spiro atoms. The molecule has 2 rings (SSSR count). The highest BCUT2D eigenvalue weighted by molar-refractivity contribution is 5.83. The smallest absolute Gasteiger partial charge is 0.239 e. The van der Waals surface area contributed by atoms with E-state index < -0.39 is 0 Å². The average Bonchev–Trinajstić information content (AvgIpc) is 2.84. The molecular formula is C17H26N2O. The van der Waals surface area contributed by atoms with Gasteiger partial charge in [0.05, 0.1) is 6.04 Å². The highest BCUT2D eigenvalue weighted by atomic mass is 16.2. The summed E-state index contributed by atoms with van der Waals surface area (Å²) in [5, 5.41) is 3.34. The van der Waals surface area contributed by atoms with E-state index in [9.17, 15) is 4.79 Å². The third-order valence-corrected chi connectivity index (χ3v) is 4.14. The van der Waals surface area contributed by atoms with E-state index in [-0.39, 0.29) is 6.04 Å². The van der Waals surface area contributed by atoms with Crippen LogP contribution in [0, 0.1) is 0 Å². The first kappa shape index (κ1) is 15.0. The summed E-state index contributed by atoms with van der Waals surface area (Å²) in [5.41, 5.74) is 1.36. The molecule has 1 heterocycles. The van der Waals surface area contributed by atoms with Gasteiger partial charge < -0.3 is 10.2 Å². The molecule has 3 heteroatoms. The lowest BCUT2D eigenvalue weighted by Crippen LogP contribution is -2.39. The van der Waals surface area contributed by atoms with Crippen LogP contribution in [-0.4, -0.2) is 36.5 Å². The molecule has 1 aliphatic heterocycles. The summed E-state index contributed by atoms with van der Waals surface area (Å²) in [6, 6.07) is 10.6. The van der Waals surface area contributed by atoms with Gasteiger partial charge in [-0.1, -0.05) is 44.2 Å². The third-order valence-electron chi connectivity index (χ3n) is 4.14. The molecule has 0 aromatic heterocycles. The van der Waals surface area contributed by atoms with Gasteiger partial charge in [0.1, 0.15) is 0 Å². The zero-order valence-electron chi connectivity index (χ0n) is 12.6. The largest absolute Gasteiger partial charge is 0.341 e. The second kappa shape index (κ2) is 7.44. The summed E-state index contributed by atoms with van der Waals surface area (Å²) in [4.78, 5) is 14.2. The van der Waals surface area contributed by atoms with Crippen LogP contribution >= 0.6 is 0 Å². The fourth-order valence-corrected chi connectivity index (χ4v) is 2.77. The summed E-state index contributed by atoms with van der Waals surface area (Å²) >= 11 is 0. The van der Waals surface area contributed by atoms with E-state index in [2.05, 4.69) is 43.4 Å². The van der Waals surface area contributed by atoms with Gasteiger partial charge in [-0.25, -0.2) is 0 Å². The minimum atomic E-state index is 0.0574. The number of carbonyl (C=O) groups is 1. The Morgan fingerprint density at radius 2 is 2.10 bits per heavy atom. The Hall–Kier alpha value is -1.35. The number of hydrogen-bond acceptors (Lipinski definition) is 2. The topological polar surface area (TPSA) is 32.3 Å². The Balaban J connectivity index is 1.79. The molecule has 110 valence electrons. The Morgan fingerprint density at radius 3 is 2.80 bits per heavy atom. The van der Waals surface area contributed by atoms with Gasteiger partial charge in [0.25, 0.3) is 0 Å². The van der Waals surface area contributed by atoms with Gasteiger partial charge in [-0.05, 0) is 37.3 Å². The summed E-state index contributed by atoms with van der Waals surface area (Å²) in [6.07, 6.45) is 3.07. The molecular weight excluding hydrogens is 248 g/mol. The fourth-order valence-electron chi connectivity index (χ4n) is 2.77. The number of likely N-dealkylation sites (tertiary alicyclic amines) is 1. The molecule has 2 atom stereocenters. The van der Waals surface area contributed by atoms with E-state index in [4.69, 9.17) is 0 Å². The first-order valence-electron chi connectivity index (χ1n) is 7.79. The molecule has 0 saturated carbocycles. The van der Waals surface area contributed by atoms with Crippen molar-refractivity contribution in [2.75, 3.05) is 19.6 Å². The molecule has 1 aromatic carbocycles. The summed E-state index contributed by atoms with van der Waals surface area (Å²) < 4.78 is 0. The van der Waals surface area contributed by atoms with E-state index in [1.165, 1.54) is 5.56 Å². The first-order valence-corrected chi connectivity index (χ1v) is 7.79. The molecule has 1 aromatic rings. The predicted octanol–water partition coefficient (Wildman–Crippen LogP) is 2.78. The van der Waals surface area contributed by atoms with Crippen LogP contribution in [0.1, 0.15) is 44.6 Å². The molecule has 1 N–H and O–H groups in total. The normalized spacial score (nSPS) is 20.4. The molecule has 1 aliphatic rings. The van der Waals surface area contributed by atoms with Crippen LogP contribution in [0.2, 0.25) is 0 Å². The molecule has 0 bridgehead atoms. The van der Waals surface area contributed by atoms with Crippen molar-refractivity contribution in [3.05, 3.63) is 35.9 Å². The zero-order valence-corrected chi connectivity index (χ0v) is 12.6. The van der Waals surface area contributed by atoms with Crippen LogP contribution in [-0.2, 0) is 4.79 Å². The number of amides is 1. The monoisotopic (exact) mass is 274 g/mol. The van der Waals surface area contributed by atoms with Crippen molar-refractivity contribution in [1.29, 1.82) is 0 Å². The number of nitrogens with zero attached hydrogens (tertiary/aromatic N) is 1. The van der Waals surface area contributed by atoms with Gasteiger partial charge in [0.15, 0.2) is 0 Å². The van der Waals surface area contributed by atoms with Gasteiger partial charge in [-0.3, -0.25) is 4.79 Å². The van der Waals surface area contributed by atoms with E-state index in [0.717, 1.165) is 38.9 Å². The molecule has 0 radical (unpaired) electrons. The standard InChI is InChI=1S/C17H26N2O/c1-3-11-18-16-10-13-19(17(16)20)12-9-14(2)15-7-5-4-6-8-15/h4-8,14,16,18H,3,9-13H2,1-2H3. The van der Waals surface area contributed by atoms with Crippen molar-refractivity contribution in [2.24, 2.45) is 0 Å². The zero-order chi connectivity index (χ0) is 14.4. The molecule has 1 fully saturated rings. The minimum Gasteiger partial charge on any atom is -0.341 e. The lowest BCUT2D eigenvalue weighted by Gasteiger charge is -2.20. The fraction of sp³-hybridized carbons (Fsp3) is 0.588. The van der Waals surface area contributed by atoms with Crippen LogP contribution in [0.25, 0.3) is 0 Å². The van der Waals surface area contributed by atoms with Gasteiger partial charge in [0.2, 0.25) is 5.91 Å². The van der Waals surface area contributed by atoms with E-state index in [1.807, 2.05) is 11.0 Å². The second-order valence-electron chi connectivity index (χ2n) is 5.72. The number of carbonyl (C=O) groups excluding carboxylic acids is 1. The molecule has 3 nitrogen and oxygen atoms in total. The van der Waals surface area contributed by atoms with Crippen molar-refractivity contribution in [2.45, 2.75) is 45.1 Å². The van der Waals surface area contributed by atoms with Crippen molar-refractivity contribution in [1.82, 2.24) is 10.2 Å². The molecule has 20 heavy (non-hydrogen) atoms. The SMILES string of the molecule is CCCNC1CCN(CCC(C)c2ccccc2)C1=O. The third kappa shape index (κ3) is 3.83. The maximum atomic E-state index is 12.2. The quantitative estimate of drug-likeness (QED) is 0.829. The predicted molar refractivity (Wildman–Crippen MR) is 82.8 cm³/mol. The minimum absolute atomic E-state index is 0.0574. The Kier molecular flexibility index (Phi) is 5.60. The van der Waals surface area contributed by atoms with Crippen molar-refractivity contribution < 1.29 is 4.79 Å². The van der Waals surface area contributed by atoms with E-state index in [0.29, 0.717) is 11.8 Å². The van der Waals surface area contributed by atoms with Crippen LogP contribution < -0.4 is 5.32 Å². The number of benzene rings is 1. The number of nitrogens with one attached hydrogen (secondary N) is 1. The van der Waals surface area contributed by atoms with Crippen LogP contribution in [0.4, 0.5) is 0 Å². The molecule has 2 unspecified atom stereocenters. The average molecular weight is 274 g/mol. The van der Waals surface area contributed by atoms with Crippen molar-refractivity contribution in [3.63, 3.8) is 0 Å². The number of rotatable bonds is 7. The Bertz CT molecular complexity index is 418. The first-order chi connectivity index (χ1) is 9.72. The maximum absolute atomic E-state index is 12.2. The lowest BCUT2D eigenvalue weighted by molar-refractivity contribution is -0.129. The Morgan fingerprint density at radius 1 is 1.35 bits per heavy atom. The summed E-state index contributed by atoms with van der Waals surface area (Å²) in [5.74, 6) is 0.797. The lowest BCUT2D eigenvalue weighted by atomic mass is 9.98. The molecule has 1 saturated heterocycles. The maximum Gasteiger partial charge on any atom is 0.239 e. The van der Waals surface area contributed by atoms with Crippen LogP contribution in [0.3, 0.4) is 0 Å². The Labute approximate surface area is 122 Å². The molecule has 1 amide bonds. The van der Waals surface area contributed by atoms with Gasteiger partial charge in [-0.15, -0.1) is 0 Å². The van der Waals surface area contributed by atoms with Crippen LogP contribution in [0.15, 0.2) is 30.3 Å². The molecule has 0 aliphatic carbocycles. The highest BCUT2D eigenvalue weighted by Crippen LogP contribution is 2.20. The van der Waals surface area contributed by atoms with E-state index in [1.54, 1.807) is 0 Å². The van der Waals surface area contributed by atoms with Crippen molar-refractivity contribution >= 4 is 5.91 Å². The highest BCUT2D eigenvalue weighted by Gasteiger charge is 2.30. The van der Waals surface area contributed by atoms with Gasteiger partial charge in [0, 0.05) is 13.1 Å². The van der Waals surface area contributed by atoms with E-state index >= 15 is 0 Å². The van der Waals surface area contributed by atoms with Crippen molar-refractivity contribution in [3.8, 4) is 0 Å². The second-order valence-corrected chi connectivity index (χ2v) is 5.72. The summed E-state index contributed by atoms with van der Waals surface area (Å²) in [7, 11) is 0.